The van der Waals surface area contributed by atoms with Gasteiger partial charge in [0.15, 0.2) is 0 Å². The van der Waals surface area contributed by atoms with E-state index in [0.29, 0.717) is 0 Å². The molecule has 0 fully saturated rings. The minimum Gasteiger partial charge on any atom is -0.508 e. The van der Waals surface area contributed by atoms with Gasteiger partial charge in [-0.3, -0.25) is 4.90 Å². The number of hydrogen-bond acceptors (Lipinski definition) is 2. The Balaban J connectivity index is 3.05. The largest absolute Gasteiger partial charge is 0.508 e. The molecule has 19 heavy (non-hydrogen) atoms. The second-order valence-corrected chi connectivity index (χ2v) is 4.76. The summed E-state index contributed by atoms with van der Waals surface area (Å²) in [5, 5.41) is 9.66. The van der Waals surface area contributed by atoms with Crippen molar-refractivity contribution in [1.82, 2.24) is 4.90 Å². The molecule has 2 nitrogen and oxygen atoms in total. The van der Waals surface area contributed by atoms with Crippen molar-refractivity contribution in [2.75, 3.05) is 6.54 Å². The van der Waals surface area contributed by atoms with Gasteiger partial charge in [-0.25, -0.2) is 4.39 Å². The van der Waals surface area contributed by atoms with Crippen LogP contribution in [0, 0.1) is 5.82 Å². The Bertz CT molecular complexity index is 431. The average molecular weight is 279 g/mol. The summed E-state index contributed by atoms with van der Waals surface area (Å²) in [5.41, 5.74) is 0.151. The predicted octanol–water partition coefficient (Wildman–Crippen LogP) is 3.87. The number of rotatable bonds is 4. The first-order valence-corrected chi connectivity index (χ1v) is 5.92. The van der Waals surface area contributed by atoms with Gasteiger partial charge in [0.2, 0.25) is 0 Å². The van der Waals surface area contributed by atoms with E-state index in [1.54, 1.807) is 13.8 Å². The molecule has 1 atom stereocenters. The standard InChI is InChI=1S/C13H17F4NO/c1-8(2)18(7-13(15,16)17)9(3)11-6-10(14)4-5-12(11)19/h4-6,8-9,19H,7H2,1-3H3. The van der Waals surface area contributed by atoms with E-state index in [9.17, 15) is 22.7 Å². The van der Waals surface area contributed by atoms with Crippen LogP contribution in [0.1, 0.15) is 32.4 Å². The molecule has 0 heterocycles. The van der Waals surface area contributed by atoms with Crippen LogP contribution in [0.2, 0.25) is 0 Å². The average Bonchev–Trinajstić information content (AvgIpc) is 2.27. The molecule has 0 saturated carbocycles. The van der Waals surface area contributed by atoms with Gasteiger partial charge in [-0.2, -0.15) is 13.2 Å². The highest BCUT2D eigenvalue weighted by Crippen LogP contribution is 2.32. The molecule has 0 aliphatic rings. The molecule has 1 aromatic rings. The van der Waals surface area contributed by atoms with Crippen LogP contribution in [0.15, 0.2) is 18.2 Å². The highest BCUT2D eigenvalue weighted by Gasteiger charge is 2.34. The van der Waals surface area contributed by atoms with Gasteiger partial charge in [0, 0.05) is 17.6 Å². The third-order valence-electron chi connectivity index (χ3n) is 2.96. The van der Waals surface area contributed by atoms with Gasteiger partial charge in [-0.15, -0.1) is 0 Å². The van der Waals surface area contributed by atoms with Crippen molar-refractivity contribution in [3.05, 3.63) is 29.6 Å². The molecule has 0 spiro atoms. The molecule has 0 aromatic heterocycles. The minimum atomic E-state index is -4.35. The fourth-order valence-corrected chi connectivity index (χ4v) is 2.01. The van der Waals surface area contributed by atoms with E-state index in [1.807, 2.05) is 0 Å². The number of hydrogen-bond donors (Lipinski definition) is 1. The Morgan fingerprint density at radius 1 is 1.21 bits per heavy atom. The summed E-state index contributed by atoms with van der Waals surface area (Å²) < 4.78 is 50.8. The van der Waals surface area contributed by atoms with E-state index >= 15 is 0 Å². The van der Waals surface area contributed by atoms with Gasteiger partial charge in [0.25, 0.3) is 0 Å². The summed E-state index contributed by atoms with van der Waals surface area (Å²) in [7, 11) is 0. The molecule has 1 rings (SSSR count). The van der Waals surface area contributed by atoms with Crippen molar-refractivity contribution < 1.29 is 22.7 Å². The number of alkyl halides is 3. The van der Waals surface area contributed by atoms with Crippen molar-refractivity contribution >= 4 is 0 Å². The summed E-state index contributed by atoms with van der Waals surface area (Å²) in [5.74, 6) is -0.794. The Morgan fingerprint density at radius 3 is 2.26 bits per heavy atom. The maximum Gasteiger partial charge on any atom is 0.401 e. The summed E-state index contributed by atoms with van der Waals surface area (Å²) in [6.45, 7) is 3.65. The number of nitrogens with zero attached hydrogens (tertiary/aromatic N) is 1. The lowest BCUT2D eigenvalue weighted by atomic mass is 10.0. The Hall–Kier alpha value is -1.30. The highest BCUT2D eigenvalue weighted by molar-refractivity contribution is 5.35. The fourth-order valence-electron chi connectivity index (χ4n) is 2.01. The zero-order valence-corrected chi connectivity index (χ0v) is 11.0. The van der Waals surface area contributed by atoms with Gasteiger partial charge in [0.05, 0.1) is 6.54 Å². The van der Waals surface area contributed by atoms with Crippen LogP contribution in [0.4, 0.5) is 17.6 Å². The van der Waals surface area contributed by atoms with Crippen molar-refractivity contribution in [1.29, 1.82) is 0 Å². The van der Waals surface area contributed by atoms with Crippen LogP contribution in [0.3, 0.4) is 0 Å². The number of halogens is 4. The summed E-state index contributed by atoms with van der Waals surface area (Å²) in [6.07, 6.45) is -4.35. The molecule has 108 valence electrons. The molecule has 1 N–H and O–H groups in total. The third kappa shape index (κ3) is 4.38. The Kier molecular flexibility index (Phi) is 4.79. The topological polar surface area (TPSA) is 23.5 Å². The maximum absolute atomic E-state index is 13.2. The smallest absolute Gasteiger partial charge is 0.401 e. The van der Waals surface area contributed by atoms with E-state index < -0.39 is 24.6 Å². The quantitative estimate of drug-likeness (QED) is 0.846. The second-order valence-electron chi connectivity index (χ2n) is 4.76. The molecule has 0 radical (unpaired) electrons. The fraction of sp³-hybridized carbons (Fsp3) is 0.538. The predicted molar refractivity (Wildman–Crippen MR) is 64.4 cm³/mol. The van der Waals surface area contributed by atoms with Crippen LogP contribution in [-0.2, 0) is 0 Å². The number of phenols is 1. The number of benzene rings is 1. The molecule has 1 aromatic carbocycles. The third-order valence-corrected chi connectivity index (χ3v) is 2.96. The molecule has 6 heteroatoms. The first-order valence-electron chi connectivity index (χ1n) is 5.92. The van der Waals surface area contributed by atoms with Crippen LogP contribution in [0.5, 0.6) is 5.75 Å². The van der Waals surface area contributed by atoms with Gasteiger partial charge < -0.3 is 5.11 Å². The first-order chi connectivity index (χ1) is 8.61. The molecule has 0 aliphatic heterocycles. The summed E-state index contributed by atoms with van der Waals surface area (Å²) >= 11 is 0. The normalized spacial score (nSPS) is 14.2. The highest BCUT2D eigenvalue weighted by atomic mass is 19.4. The van der Waals surface area contributed by atoms with E-state index in [-0.39, 0.29) is 17.4 Å². The zero-order chi connectivity index (χ0) is 14.8. The van der Waals surface area contributed by atoms with Crippen LogP contribution >= 0.6 is 0 Å². The summed E-state index contributed by atoms with van der Waals surface area (Å²) in [4.78, 5) is 1.16. The van der Waals surface area contributed by atoms with Crippen molar-refractivity contribution in [3.8, 4) is 5.75 Å². The van der Waals surface area contributed by atoms with Gasteiger partial charge >= 0.3 is 6.18 Å². The lowest BCUT2D eigenvalue weighted by Crippen LogP contribution is -2.40. The summed E-state index contributed by atoms with van der Waals surface area (Å²) in [6, 6.07) is 2.14. The Morgan fingerprint density at radius 2 is 1.79 bits per heavy atom. The lowest BCUT2D eigenvalue weighted by molar-refractivity contribution is -0.154. The molecule has 0 amide bonds. The number of aromatic hydroxyl groups is 1. The second kappa shape index (κ2) is 5.77. The van der Waals surface area contributed by atoms with Gasteiger partial charge in [-0.05, 0) is 39.0 Å². The van der Waals surface area contributed by atoms with Crippen LogP contribution in [0.25, 0.3) is 0 Å². The van der Waals surface area contributed by atoms with E-state index in [1.165, 1.54) is 6.92 Å². The van der Waals surface area contributed by atoms with Gasteiger partial charge in [0.1, 0.15) is 11.6 Å². The van der Waals surface area contributed by atoms with Crippen molar-refractivity contribution in [2.24, 2.45) is 0 Å². The van der Waals surface area contributed by atoms with E-state index in [2.05, 4.69) is 0 Å². The van der Waals surface area contributed by atoms with E-state index in [4.69, 9.17) is 0 Å². The molecule has 0 bridgehead atoms. The lowest BCUT2D eigenvalue weighted by Gasteiger charge is -2.33. The first kappa shape index (κ1) is 15.8. The number of phenolic OH excluding ortho intramolecular Hbond substituents is 1. The minimum absolute atomic E-state index is 0.151. The van der Waals surface area contributed by atoms with Crippen LogP contribution < -0.4 is 0 Å². The SMILES string of the molecule is CC(C)N(CC(F)(F)F)C(C)c1cc(F)ccc1O. The van der Waals surface area contributed by atoms with Gasteiger partial charge in [-0.1, -0.05) is 0 Å². The Labute approximate surface area is 109 Å². The van der Waals surface area contributed by atoms with Crippen LogP contribution in [-0.4, -0.2) is 28.8 Å². The molecular formula is C13H17F4NO. The molecule has 1 unspecified atom stereocenters. The zero-order valence-electron chi connectivity index (χ0n) is 11.0. The molecular weight excluding hydrogens is 262 g/mol. The molecule has 0 saturated heterocycles. The van der Waals surface area contributed by atoms with Crippen molar-refractivity contribution in [3.63, 3.8) is 0 Å². The monoisotopic (exact) mass is 279 g/mol. The molecule has 0 aliphatic carbocycles. The van der Waals surface area contributed by atoms with Crippen molar-refractivity contribution in [2.45, 2.75) is 39.0 Å². The maximum atomic E-state index is 13.2. The van der Waals surface area contributed by atoms with E-state index in [0.717, 1.165) is 23.1 Å².